The second-order valence-corrected chi connectivity index (χ2v) is 5.80. The van der Waals surface area contributed by atoms with Gasteiger partial charge in [0.15, 0.2) is 0 Å². The third-order valence-electron chi connectivity index (χ3n) is 3.85. The van der Waals surface area contributed by atoms with E-state index in [1.807, 2.05) is 30.3 Å². The average molecular weight is 290 g/mol. The quantitative estimate of drug-likeness (QED) is 0.845. The van der Waals surface area contributed by atoms with Crippen LogP contribution in [0.4, 0.5) is 4.79 Å². The molecule has 5 nitrogen and oxygen atoms in total. The van der Waals surface area contributed by atoms with E-state index in [1.165, 1.54) is 4.90 Å². The summed E-state index contributed by atoms with van der Waals surface area (Å²) in [5.74, 6) is -0.977. The van der Waals surface area contributed by atoms with Gasteiger partial charge in [-0.3, -0.25) is 4.79 Å². The number of amides is 2. The molecule has 0 bridgehead atoms. The Morgan fingerprint density at radius 3 is 2.48 bits per heavy atom. The molecule has 1 aromatic rings. The summed E-state index contributed by atoms with van der Waals surface area (Å²) in [4.78, 5) is 24.5. The fraction of sp³-hybridized carbons (Fsp3) is 0.500. The van der Waals surface area contributed by atoms with Gasteiger partial charge in [-0.1, -0.05) is 37.3 Å². The standard InChI is InChI=1S/C16H22N2O3/c1-11(15(19)20)10-18(2)16(21)17-14(13-8-9-13)12-6-4-3-5-7-12/h3-7,11,13-14H,8-10H2,1-2H3,(H,17,21)(H,19,20). The second kappa shape index (κ2) is 6.61. The lowest BCUT2D eigenvalue weighted by Crippen LogP contribution is -2.42. The lowest BCUT2D eigenvalue weighted by molar-refractivity contribution is -0.141. The number of nitrogens with zero attached hydrogens (tertiary/aromatic N) is 1. The molecule has 2 atom stereocenters. The zero-order valence-electron chi connectivity index (χ0n) is 12.5. The van der Waals surface area contributed by atoms with Crippen LogP contribution < -0.4 is 5.32 Å². The zero-order valence-corrected chi connectivity index (χ0v) is 12.5. The summed E-state index contributed by atoms with van der Waals surface area (Å²) in [6, 6.07) is 9.72. The normalized spacial score (nSPS) is 16.9. The van der Waals surface area contributed by atoms with Gasteiger partial charge < -0.3 is 15.3 Å². The fourth-order valence-corrected chi connectivity index (χ4v) is 2.38. The summed E-state index contributed by atoms with van der Waals surface area (Å²) in [5.41, 5.74) is 1.10. The van der Waals surface area contributed by atoms with Crippen molar-refractivity contribution in [1.82, 2.24) is 10.2 Å². The van der Waals surface area contributed by atoms with Crippen LogP contribution >= 0.6 is 0 Å². The molecule has 114 valence electrons. The van der Waals surface area contributed by atoms with Gasteiger partial charge >= 0.3 is 12.0 Å². The molecule has 2 unspecified atom stereocenters. The van der Waals surface area contributed by atoms with E-state index < -0.39 is 11.9 Å². The highest BCUT2D eigenvalue weighted by Crippen LogP contribution is 2.40. The Kier molecular flexibility index (Phi) is 4.83. The molecule has 0 spiro atoms. The van der Waals surface area contributed by atoms with Crippen molar-refractivity contribution in [3.63, 3.8) is 0 Å². The number of carboxylic acids is 1. The second-order valence-electron chi connectivity index (χ2n) is 5.80. The van der Waals surface area contributed by atoms with E-state index >= 15 is 0 Å². The fourth-order valence-electron chi connectivity index (χ4n) is 2.38. The first-order valence-corrected chi connectivity index (χ1v) is 7.28. The zero-order chi connectivity index (χ0) is 15.4. The minimum Gasteiger partial charge on any atom is -0.481 e. The Hall–Kier alpha value is -2.04. The summed E-state index contributed by atoms with van der Waals surface area (Å²) in [6.07, 6.45) is 2.24. The van der Waals surface area contributed by atoms with Crippen molar-refractivity contribution in [2.45, 2.75) is 25.8 Å². The molecule has 1 aromatic carbocycles. The van der Waals surface area contributed by atoms with Crippen LogP contribution in [0.2, 0.25) is 0 Å². The van der Waals surface area contributed by atoms with Crippen LogP contribution in [-0.2, 0) is 4.79 Å². The van der Waals surface area contributed by atoms with Crippen LogP contribution in [-0.4, -0.2) is 35.6 Å². The molecule has 1 saturated carbocycles. The SMILES string of the molecule is CC(CN(C)C(=O)NC(c1ccccc1)C1CC1)C(=O)O. The van der Waals surface area contributed by atoms with Crippen molar-refractivity contribution in [2.75, 3.05) is 13.6 Å². The summed E-state index contributed by atoms with van der Waals surface area (Å²) >= 11 is 0. The average Bonchev–Trinajstić information content (AvgIpc) is 3.29. The number of aliphatic carboxylic acids is 1. The van der Waals surface area contributed by atoms with E-state index in [1.54, 1.807) is 14.0 Å². The highest BCUT2D eigenvalue weighted by atomic mass is 16.4. The van der Waals surface area contributed by atoms with Crippen LogP contribution in [0.1, 0.15) is 31.4 Å². The number of hydrogen-bond donors (Lipinski definition) is 2. The molecule has 0 aliphatic heterocycles. The Morgan fingerprint density at radius 1 is 1.33 bits per heavy atom. The minimum atomic E-state index is -0.892. The lowest BCUT2D eigenvalue weighted by Gasteiger charge is -2.25. The summed E-state index contributed by atoms with van der Waals surface area (Å²) < 4.78 is 0. The molecule has 2 amide bonds. The maximum Gasteiger partial charge on any atom is 0.317 e. The maximum atomic E-state index is 12.2. The van der Waals surface area contributed by atoms with Crippen molar-refractivity contribution in [1.29, 1.82) is 0 Å². The van der Waals surface area contributed by atoms with Crippen LogP contribution in [0.5, 0.6) is 0 Å². The Balaban J connectivity index is 1.97. The Bertz CT molecular complexity index is 500. The molecular weight excluding hydrogens is 268 g/mol. The third kappa shape index (κ3) is 4.21. The first-order chi connectivity index (χ1) is 9.99. The third-order valence-corrected chi connectivity index (χ3v) is 3.85. The van der Waals surface area contributed by atoms with E-state index in [0.29, 0.717) is 5.92 Å². The summed E-state index contributed by atoms with van der Waals surface area (Å²) in [7, 11) is 1.63. The Morgan fingerprint density at radius 2 is 1.95 bits per heavy atom. The van der Waals surface area contributed by atoms with E-state index in [-0.39, 0.29) is 18.6 Å². The molecule has 2 N–H and O–H groups in total. The lowest BCUT2D eigenvalue weighted by atomic mass is 10.0. The van der Waals surface area contributed by atoms with Crippen molar-refractivity contribution in [2.24, 2.45) is 11.8 Å². The number of nitrogens with one attached hydrogen (secondary N) is 1. The number of carboxylic acid groups (broad SMARTS) is 1. The first kappa shape index (κ1) is 15.4. The van der Waals surface area contributed by atoms with Gasteiger partial charge in [0, 0.05) is 13.6 Å². The van der Waals surface area contributed by atoms with Crippen LogP contribution in [0.25, 0.3) is 0 Å². The number of carbonyl (C=O) groups excluding carboxylic acids is 1. The van der Waals surface area contributed by atoms with Crippen molar-refractivity contribution in [3.8, 4) is 0 Å². The predicted octanol–water partition coefficient (Wildman–Crippen LogP) is 2.50. The van der Waals surface area contributed by atoms with E-state index in [4.69, 9.17) is 5.11 Å². The van der Waals surface area contributed by atoms with Crippen LogP contribution in [0.15, 0.2) is 30.3 Å². The summed E-state index contributed by atoms with van der Waals surface area (Å²) in [5, 5.41) is 11.9. The van der Waals surface area contributed by atoms with Crippen LogP contribution in [0.3, 0.4) is 0 Å². The van der Waals surface area contributed by atoms with Gasteiger partial charge in [-0.25, -0.2) is 4.79 Å². The molecule has 1 aliphatic carbocycles. The largest absolute Gasteiger partial charge is 0.481 e. The van der Waals surface area contributed by atoms with Gasteiger partial charge in [0.05, 0.1) is 12.0 Å². The van der Waals surface area contributed by atoms with Gasteiger partial charge in [-0.15, -0.1) is 0 Å². The highest BCUT2D eigenvalue weighted by Gasteiger charge is 2.34. The maximum absolute atomic E-state index is 12.2. The van der Waals surface area contributed by atoms with Crippen molar-refractivity contribution < 1.29 is 14.7 Å². The van der Waals surface area contributed by atoms with E-state index in [2.05, 4.69) is 5.32 Å². The number of hydrogen-bond acceptors (Lipinski definition) is 2. The molecular formula is C16H22N2O3. The van der Waals surface area contributed by atoms with Gasteiger partial charge in [0.25, 0.3) is 0 Å². The van der Waals surface area contributed by atoms with Crippen molar-refractivity contribution in [3.05, 3.63) is 35.9 Å². The number of carbonyl (C=O) groups is 2. The first-order valence-electron chi connectivity index (χ1n) is 7.28. The van der Waals surface area contributed by atoms with Gasteiger partial charge in [-0.2, -0.15) is 0 Å². The molecule has 0 aromatic heterocycles. The summed E-state index contributed by atoms with van der Waals surface area (Å²) in [6.45, 7) is 1.80. The van der Waals surface area contributed by atoms with Crippen LogP contribution in [0, 0.1) is 11.8 Å². The van der Waals surface area contributed by atoms with E-state index in [9.17, 15) is 9.59 Å². The highest BCUT2D eigenvalue weighted by molar-refractivity contribution is 5.76. The predicted molar refractivity (Wildman–Crippen MR) is 79.9 cm³/mol. The molecule has 5 heteroatoms. The Labute approximate surface area is 125 Å². The molecule has 0 radical (unpaired) electrons. The molecule has 0 heterocycles. The molecule has 2 rings (SSSR count). The number of rotatable bonds is 6. The van der Waals surface area contributed by atoms with Crippen molar-refractivity contribution >= 4 is 12.0 Å². The van der Waals surface area contributed by atoms with Gasteiger partial charge in [-0.05, 0) is 24.3 Å². The van der Waals surface area contributed by atoms with E-state index in [0.717, 1.165) is 18.4 Å². The number of benzene rings is 1. The smallest absolute Gasteiger partial charge is 0.317 e. The minimum absolute atomic E-state index is 0.0151. The number of urea groups is 1. The topological polar surface area (TPSA) is 69.6 Å². The molecule has 21 heavy (non-hydrogen) atoms. The molecule has 1 aliphatic rings. The van der Waals surface area contributed by atoms with Gasteiger partial charge in [0.1, 0.15) is 0 Å². The monoisotopic (exact) mass is 290 g/mol. The molecule has 1 fully saturated rings. The van der Waals surface area contributed by atoms with Gasteiger partial charge in [0.2, 0.25) is 0 Å². The molecule has 0 saturated heterocycles.